The van der Waals surface area contributed by atoms with E-state index in [2.05, 4.69) is 12.0 Å². The van der Waals surface area contributed by atoms with Crippen molar-refractivity contribution in [2.24, 2.45) is 0 Å². The molecule has 0 spiro atoms. The average Bonchev–Trinajstić information content (AvgIpc) is 2.15. The van der Waals surface area contributed by atoms with E-state index in [4.69, 9.17) is 5.73 Å². The van der Waals surface area contributed by atoms with Gasteiger partial charge in [-0.25, -0.2) is 4.68 Å². The first-order chi connectivity index (χ1) is 6.74. The third kappa shape index (κ3) is 3.20. The summed E-state index contributed by atoms with van der Waals surface area (Å²) in [6, 6.07) is 1.41. The van der Waals surface area contributed by atoms with Crippen molar-refractivity contribution in [3.05, 3.63) is 22.6 Å². The second-order valence-corrected chi connectivity index (χ2v) is 3.41. The molecule has 2 N–H and O–H groups in total. The van der Waals surface area contributed by atoms with Crippen LogP contribution in [0.3, 0.4) is 0 Å². The topological polar surface area (TPSA) is 60.9 Å². The molecule has 14 heavy (non-hydrogen) atoms. The van der Waals surface area contributed by atoms with Crippen molar-refractivity contribution < 1.29 is 0 Å². The van der Waals surface area contributed by atoms with Gasteiger partial charge in [-0.3, -0.25) is 4.79 Å². The molecule has 0 fully saturated rings. The van der Waals surface area contributed by atoms with Gasteiger partial charge >= 0.3 is 0 Å². The molecule has 0 radical (unpaired) electrons. The highest BCUT2D eigenvalue weighted by atomic mass is 16.1. The second kappa shape index (κ2) is 5.42. The quantitative estimate of drug-likeness (QED) is 0.722. The zero-order chi connectivity index (χ0) is 10.4. The van der Waals surface area contributed by atoms with Crippen molar-refractivity contribution in [2.45, 2.75) is 39.2 Å². The molecule has 0 saturated carbocycles. The molecule has 0 bridgehead atoms. The Kier molecular flexibility index (Phi) is 4.16. The molecule has 0 aliphatic carbocycles. The standard InChI is InChI=1S/C10H17N3O/c1-2-3-4-5-6-13-10(14)7-9(11)8-12-13/h7-8H,2-6,11H2,1H3. The van der Waals surface area contributed by atoms with Gasteiger partial charge in [0.05, 0.1) is 11.9 Å². The fraction of sp³-hybridized carbons (Fsp3) is 0.600. The summed E-state index contributed by atoms with van der Waals surface area (Å²) in [7, 11) is 0. The van der Waals surface area contributed by atoms with Crippen molar-refractivity contribution in [2.75, 3.05) is 5.73 Å². The molecule has 4 nitrogen and oxygen atoms in total. The Bertz CT molecular complexity index is 332. The lowest BCUT2D eigenvalue weighted by molar-refractivity contribution is 0.520. The average molecular weight is 195 g/mol. The number of nitrogen functional groups attached to an aromatic ring is 1. The van der Waals surface area contributed by atoms with E-state index in [0.29, 0.717) is 12.2 Å². The lowest BCUT2D eigenvalue weighted by atomic mass is 10.2. The van der Waals surface area contributed by atoms with Crippen LogP contribution in [0.15, 0.2) is 17.1 Å². The van der Waals surface area contributed by atoms with Crippen LogP contribution in [0.2, 0.25) is 0 Å². The summed E-state index contributed by atoms with van der Waals surface area (Å²) in [4.78, 5) is 11.3. The van der Waals surface area contributed by atoms with Gasteiger partial charge in [-0.2, -0.15) is 5.10 Å². The van der Waals surface area contributed by atoms with Gasteiger partial charge in [0, 0.05) is 12.6 Å². The minimum atomic E-state index is -0.110. The van der Waals surface area contributed by atoms with E-state index in [1.165, 1.54) is 29.8 Å². The predicted molar refractivity (Wildman–Crippen MR) is 57.1 cm³/mol. The molecule has 1 heterocycles. The zero-order valence-corrected chi connectivity index (χ0v) is 8.57. The highest BCUT2D eigenvalue weighted by molar-refractivity contribution is 5.31. The van der Waals surface area contributed by atoms with Gasteiger partial charge < -0.3 is 5.73 Å². The molecule has 0 unspecified atom stereocenters. The molecule has 4 heteroatoms. The highest BCUT2D eigenvalue weighted by Gasteiger charge is 1.97. The van der Waals surface area contributed by atoms with Gasteiger partial charge in [0.15, 0.2) is 0 Å². The number of anilines is 1. The Balaban J connectivity index is 2.47. The van der Waals surface area contributed by atoms with E-state index in [1.54, 1.807) is 0 Å². The Morgan fingerprint density at radius 1 is 1.43 bits per heavy atom. The van der Waals surface area contributed by atoms with Crippen molar-refractivity contribution in [1.82, 2.24) is 9.78 Å². The van der Waals surface area contributed by atoms with Gasteiger partial charge in [-0.15, -0.1) is 0 Å². The third-order valence-electron chi connectivity index (χ3n) is 2.11. The first kappa shape index (κ1) is 10.8. The zero-order valence-electron chi connectivity index (χ0n) is 8.57. The molecular weight excluding hydrogens is 178 g/mol. The molecule has 0 atom stereocenters. The fourth-order valence-electron chi connectivity index (χ4n) is 1.30. The summed E-state index contributed by atoms with van der Waals surface area (Å²) in [5.41, 5.74) is 5.75. The van der Waals surface area contributed by atoms with Crippen LogP contribution in [0.1, 0.15) is 32.6 Å². The molecular formula is C10H17N3O. The van der Waals surface area contributed by atoms with Crippen molar-refractivity contribution in [3.8, 4) is 0 Å². The van der Waals surface area contributed by atoms with E-state index < -0.39 is 0 Å². The minimum Gasteiger partial charge on any atom is -0.397 e. The lowest BCUT2D eigenvalue weighted by Crippen LogP contribution is -2.22. The monoisotopic (exact) mass is 195 g/mol. The summed E-state index contributed by atoms with van der Waals surface area (Å²) in [5, 5.41) is 3.95. The third-order valence-corrected chi connectivity index (χ3v) is 2.11. The van der Waals surface area contributed by atoms with Crippen LogP contribution < -0.4 is 11.3 Å². The van der Waals surface area contributed by atoms with Crippen LogP contribution in [-0.4, -0.2) is 9.78 Å². The van der Waals surface area contributed by atoms with Crippen LogP contribution in [-0.2, 0) is 6.54 Å². The van der Waals surface area contributed by atoms with E-state index >= 15 is 0 Å². The van der Waals surface area contributed by atoms with E-state index in [-0.39, 0.29) is 5.56 Å². The van der Waals surface area contributed by atoms with Gasteiger partial charge in [-0.1, -0.05) is 26.2 Å². The van der Waals surface area contributed by atoms with Crippen LogP contribution in [0, 0.1) is 0 Å². The fourth-order valence-corrected chi connectivity index (χ4v) is 1.30. The summed E-state index contributed by atoms with van der Waals surface area (Å²) in [6.45, 7) is 2.85. The minimum absolute atomic E-state index is 0.110. The van der Waals surface area contributed by atoms with Crippen molar-refractivity contribution in [3.63, 3.8) is 0 Å². The maximum Gasteiger partial charge on any atom is 0.268 e. The SMILES string of the molecule is CCCCCCn1ncc(N)cc1=O. The Morgan fingerprint density at radius 3 is 2.86 bits per heavy atom. The normalized spacial score (nSPS) is 10.4. The Labute approximate surface area is 83.7 Å². The molecule has 0 amide bonds. The molecule has 1 aromatic heterocycles. The maximum atomic E-state index is 11.3. The van der Waals surface area contributed by atoms with Crippen LogP contribution in [0.4, 0.5) is 5.69 Å². The molecule has 0 aliphatic rings. The first-order valence-corrected chi connectivity index (χ1v) is 5.06. The van der Waals surface area contributed by atoms with Gasteiger partial charge in [0.25, 0.3) is 5.56 Å². The number of rotatable bonds is 5. The predicted octanol–water partition coefficient (Wildman–Crippen LogP) is 1.41. The summed E-state index contributed by atoms with van der Waals surface area (Å²) >= 11 is 0. The molecule has 1 rings (SSSR count). The van der Waals surface area contributed by atoms with E-state index in [0.717, 1.165) is 12.8 Å². The Morgan fingerprint density at radius 2 is 2.21 bits per heavy atom. The maximum absolute atomic E-state index is 11.3. The summed E-state index contributed by atoms with van der Waals surface area (Å²) in [5.74, 6) is 0. The summed E-state index contributed by atoms with van der Waals surface area (Å²) in [6.07, 6.45) is 6.08. The second-order valence-electron chi connectivity index (χ2n) is 3.41. The summed E-state index contributed by atoms with van der Waals surface area (Å²) < 4.78 is 1.46. The van der Waals surface area contributed by atoms with Gasteiger partial charge in [0.2, 0.25) is 0 Å². The van der Waals surface area contributed by atoms with E-state index in [1.807, 2.05) is 0 Å². The number of hydrogen-bond donors (Lipinski definition) is 1. The number of aryl methyl sites for hydroxylation is 1. The van der Waals surface area contributed by atoms with Crippen LogP contribution in [0.5, 0.6) is 0 Å². The lowest BCUT2D eigenvalue weighted by Gasteiger charge is -2.03. The molecule has 0 aromatic carbocycles. The number of hydrogen-bond acceptors (Lipinski definition) is 3. The number of nitrogens with zero attached hydrogens (tertiary/aromatic N) is 2. The van der Waals surface area contributed by atoms with E-state index in [9.17, 15) is 4.79 Å². The smallest absolute Gasteiger partial charge is 0.268 e. The molecule has 0 saturated heterocycles. The van der Waals surface area contributed by atoms with Crippen LogP contribution in [0.25, 0.3) is 0 Å². The van der Waals surface area contributed by atoms with Crippen molar-refractivity contribution >= 4 is 5.69 Å². The van der Waals surface area contributed by atoms with Crippen LogP contribution >= 0.6 is 0 Å². The van der Waals surface area contributed by atoms with Crippen molar-refractivity contribution in [1.29, 1.82) is 0 Å². The number of unbranched alkanes of at least 4 members (excludes halogenated alkanes) is 3. The number of aromatic nitrogens is 2. The highest BCUT2D eigenvalue weighted by Crippen LogP contribution is 2.00. The molecule has 78 valence electrons. The molecule has 1 aromatic rings. The first-order valence-electron chi connectivity index (χ1n) is 5.06. The number of nitrogens with two attached hydrogens (primary N) is 1. The van der Waals surface area contributed by atoms with Gasteiger partial charge in [0.1, 0.15) is 0 Å². The molecule has 0 aliphatic heterocycles. The van der Waals surface area contributed by atoms with Gasteiger partial charge in [-0.05, 0) is 6.42 Å². The Hall–Kier alpha value is -1.32. The largest absolute Gasteiger partial charge is 0.397 e.